The molecule has 0 bridgehead atoms. The minimum atomic E-state index is -0.631. The van der Waals surface area contributed by atoms with Gasteiger partial charge in [-0.3, -0.25) is 0 Å². The maximum Gasteiger partial charge on any atom is 0.355 e. The molecule has 8 nitrogen and oxygen atoms in total. The van der Waals surface area contributed by atoms with E-state index in [1.54, 1.807) is 17.3 Å². The molecule has 2 heterocycles. The van der Waals surface area contributed by atoms with Gasteiger partial charge in [-0.05, 0) is 17.7 Å². The standard InChI is InChI=1S/C18H17N3O5/c1-24-17(22)15-9-26-11-21(16(15)18(23)25-2)14-5-3-12(4-6-14)13-7-19-10-20-8-13/h3-8,10H,9,11H2,1-2H3. The highest BCUT2D eigenvalue weighted by Gasteiger charge is 2.32. The molecule has 8 heteroatoms. The third-order valence-corrected chi connectivity index (χ3v) is 3.91. The van der Waals surface area contributed by atoms with Crippen LogP contribution in [-0.2, 0) is 23.8 Å². The molecule has 0 spiro atoms. The fourth-order valence-electron chi connectivity index (χ4n) is 2.63. The van der Waals surface area contributed by atoms with Gasteiger partial charge in [-0.2, -0.15) is 0 Å². The SMILES string of the molecule is COC(=O)C1=C(C(=O)OC)N(c2ccc(-c3cncnc3)cc2)COC1. The first-order valence-electron chi connectivity index (χ1n) is 7.76. The Bertz CT molecular complexity index is 834. The number of carbonyl (C=O) groups excluding carboxylic acids is 2. The number of hydrogen-bond acceptors (Lipinski definition) is 8. The van der Waals surface area contributed by atoms with Crippen LogP contribution in [0.1, 0.15) is 0 Å². The highest BCUT2D eigenvalue weighted by Crippen LogP contribution is 2.28. The number of anilines is 1. The average Bonchev–Trinajstić information content (AvgIpc) is 2.72. The van der Waals surface area contributed by atoms with E-state index >= 15 is 0 Å². The van der Waals surface area contributed by atoms with E-state index in [-0.39, 0.29) is 24.6 Å². The number of carbonyl (C=O) groups is 2. The van der Waals surface area contributed by atoms with E-state index in [0.717, 1.165) is 11.1 Å². The summed E-state index contributed by atoms with van der Waals surface area (Å²) in [6.45, 7) is 0.0891. The van der Waals surface area contributed by atoms with E-state index in [1.165, 1.54) is 20.5 Å². The summed E-state index contributed by atoms with van der Waals surface area (Å²) in [7, 11) is 2.51. The van der Waals surface area contributed by atoms with Gasteiger partial charge >= 0.3 is 11.9 Å². The number of hydrogen-bond donors (Lipinski definition) is 0. The molecule has 1 aromatic carbocycles. The Morgan fingerprint density at radius 3 is 2.27 bits per heavy atom. The van der Waals surface area contributed by atoms with Gasteiger partial charge in [0.2, 0.25) is 0 Å². The Labute approximate surface area is 150 Å². The van der Waals surface area contributed by atoms with Gasteiger partial charge in [0.1, 0.15) is 18.8 Å². The van der Waals surface area contributed by atoms with Gasteiger partial charge in [0, 0.05) is 23.6 Å². The summed E-state index contributed by atoms with van der Waals surface area (Å²) in [5.41, 5.74) is 2.69. The zero-order valence-corrected chi connectivity index (χ0v) is 14.3. The number of ether oxygens (including phenoxy) is 3. The second kappa shape index (κ2) is 7.75. The summed E-state index contributed by atoms with van der Waals surface area (Å²) in [4.78, 5) is 33.8. The molecule has 2 aromatic rings. The van der Waals surface area contributed by atoms with Crippen molar-refractivity contribution in [3.05, 3.63) is 54.3 Å². The van der Waals surface area contributed by atoms with Crippen LogP contribution in [0.25, 0.3) is 11.1 Å². The third-order valence-electron chi connectivity index (χ3n) is 3.91. The molecular weight excluding hydrogens is 338 g/mol. The third kappa shape index (κ3) is 3.40. The summed E-state index contributed by atoms with van der Waals surface area (Å²) in [5, 5.41) is 0. The molecule has 0 atom stereocenters. The lowest BCUT2D eigenvalue weighted by Gasteiger charge is -2.31. The number of rotatable bonds is 4. The maximum absolute atomic E-state index is 12.3. The Balaban J connectivity index is 1.98. The van der Waals surface area contributed by atoms with Crippen molar-refractivity contribution < 1.29 is 23.8 Å². The minimum Gasteiger partial charge on any atom is -0.466 e. The maximum atomic E-state index is 12.3. The molecule has 0 aliphatic carbocycles. The van der Waals surface area contributed by atoms with E-state index in [2.05, 4.69) is 9.97 Å². The number of benzene rings is 1. The fourth-order valence-corrected chi connectivity index (χ4v) is 2.63. The van der Waals surface area contributed by atoms with Gasteiger partial charge in [0.25, 0.3) is 0 Å². The van der Waals surface area contributed by atoms with Gasteiger partial charge in [-0.1, -0.05) is 12.1 Å². The van der Waals surface area contributed by atoms with Crippen molar-refractivity contribution in [3.8, 4) is 11.1 Å². The zero-order chi connectivity index (χ0) is 18.5. The van der Waals surface area contributed by atoms with E-state index < -0.39 is 11.9 Å². The number of aromatic nitrogens is 2. The molecule has 1 aliphatic heterocycles. The van der Waals surface area contributed by atoms with E-state index in [0.29, 0.717) is 5.69 Å². The zero-order valence-electron chi connectivity index (χ0n) is 14.3. The van der Waals surface area contributed by atoms with Crippen LogP contribution >= 0.6 is 0 Å². The molecule has 0 N–H and O–H groups in total. The Morgan fingerprint density at radius 2 is 1.65 bits per heavy atom. The van der Waals surface area contributed by atoms with Crippen molar-refractivity contribution in [2.75, 3.05) is 32.5 Å². The Hall–Kier alpha value is -3.26. The highest BCUT2D eigenvalue weighted by molar-refractivity contribution is 6.03. The van der Waals surface area contributed by atoms with Crippen molar-refractivity contribution in [2.45, 2.75) is 0 Å². The number of esters is 2. The molecule has 0 saturated heterocycles. The summed E-state index contributed by atoms with van der Waals surface area (Å²) >= 11 is 0. The largest absolute Gasteiger partial charge is 0.466 e. The van der Waals surface area contributed by atoms with Gasteiger partial charge in [0.15, 0.2) is 0 Å². The molecule has 0 fully saturated rings. The monoisotopic (exact) mass is 355 g/mol. The number of methoxy groups -OCH3 is 2. The van der Waals surface area contributed by atoms with Crippen LogP contribution in [0, 0.1) is 0 Å². The van der Waals surface area contributed by atoms with Crippen molar-refractivity contribution in [1.82, 2.24) is 9.97 Å². The van der Waals surface area contributed by atoms with Crippen molar-refractivity contribution in [1.29, 1.82) is 0 Å². The molecule has 134 valence electrons. The molecule has 0 saturated carbocycles. The van der Waals surface area contributed by atoms with Gasteiger partial charge in [-0.25, -0.2) is 19.6 Å². The van der Waals surface area contributed by atoms with Gasteiger partial charge in [-0.15, -0.1) is 0 Å². The topological polar surface area (TPSA) is 90.9 Å². The number of nitrogens with zero attached hydrogens (tertiary/aromatic N) is 3. The average molecular weight is 355 g/mol. The van der Waals surface area contributed by atoms with Crippen LogP contribution in [-0.4, -0.2) is 49.5 Å². The van der Waals surface area contributed by atoms with E-state index in [1.807, 2.05) is 24.3 Å². The van der Waals surface area contributed by atoms with E-state index in [4.69, 9.17) is 14.2 Å². The van der Waals surface area contributed by atoms with Gasteiger partial charge < -0.3 is 19.1 Å². The minimum absolute atomic E-state index is 0.0208. The first-order valence-corrected chi connectivity index (χ1v) is 7.76. The van der Waals surface area contributed by atoms with Crippen LogP contribution in [0.4, 0.5) is 5.69 Å². The van der Waals surface area contributed by atoms with Crippen molar-refractivity contribution >= 4 is 17.6 Å². The molecule has 0 amide bonds. The smallest absolute Gasteiger partial charge is 0.355 e. The normalized spacial score (nSPS) is 14.2. The predicted octanol–water partition coefficient (Wildman–Crippen LogP) is 1.54. The van der Waals surface area contributed by atoms with Crippen LogP contribution in [0.2, 0.25) is 0 Å². The summed E-state index contributed by atoms with van der Waals surface area (Å²) < 4.78 is 15.0. The lowest BCUT2D eigenvalue weighted by Crippen LogP contribution is -2.38. The van der Waals surface area contributed by atoms with Crippen LogP contribution in [0.5, 0.6) is 0 Å². The fraction of sp³-hybridized carbons (Fsp3) is 0.222. The quantitative estimate of drug-likeness (QED) is 0.763. The first-order chi connectivity index (χ1) is 12.7. The van der Waals surface area contributed by atoms with Crippen molar-refractivity contribution in [2.24, 2.45) is 0 Å². The van der Waals surface area contributed by atoms with Crippen molar-refractivity contribution in [3.63, 3.8) is 0 Å². The molecule has 1 aromatic heterocycles. The molecule has 1 aliphatic rings. The molecule has 3 rings (SSSR count). The lowest BCUT2D eigenvalue weighted by molar-refractivity contribution is -0.140. The second-order valence-electron chi connectivity index (χ2n) is 5.39. The lowest BCUT2D eigenvalue weighted by atomic mass is 10.1. The highest BCUT2D eigenvalue weighted by atomic mass is 16.5. The molecular formula is C18H17N3O5. The summed E-state index contributed by atoms with van der Waals surface area (Å²) in [5.74, 6) is -1.26. The Morgan fingerprint density at radius 1 is 1.00 bits per heavy atom. The Kier molecular flexibility index (Phi) is 5.23. The molecule has 0 unspecified atom stereocenters. The molecule has 26 heavy (non-hydrogen) atoms. The predicted molar refractivity (Wildman–Crippen MR) is 91.8 cm³/mol. The second-order valence-corrected chi connectivity index (χ2v) is 5.39. The van der Waals surface area contributed by atoms with Crippen LogP contribution in [0.15, 0.2) is 54.3 Å². The van der Waals surface area contributed by atoms with Crippen LogP contribution < -0.4 is 4.90 Å². The van der Waals surface area contributed by atoms with Crippen LogP contribution in [0.3, 0.4) is 0 Å². The molecule has 0 radical (unpaired) electrons. The van der Waals surface area contributed by atoms with E-state index in [9.17, 15) is 9.59 Å². The summed E-state index contributed by atoms with van der Waals surface area (Å²) in [6.07, 6.45) is 4.88. The first kappa shape index (κ1) is 17.6. The summed E-state index contributed by atoms with van der Waals surface area (Å²) in [6, 6.07) is 7.37. The van der Waals surface area contributed by atoms with Gasteiger partial charge in [0.05, 0.1) is 26.4 Å².